The molecule has 1 unspecified atom stereocenters. The van der Waals surface area contributed by atoms with Crippen molar-refractivity contribution in [3.8, 4) is 0 Å². The first kappa shape index (κ1) is 10.3. The molecule has 0 aliphatic heterocycles. The van der Waals surface area contributed by atoms with Crippen LogP contribution < -0.4 is 4.89 Å². The highest BCUT2D eigenvalue weighted by atomic mass is 32.2. The molecule has 1 aromatic carbocycles. The molecule has 1 rings (SSSR count). The van der Waals surface area contributed by atoms with Crippen LogP contribution in [-0.2, 0) is 22.5 Å². The summed E-state index contributed by atoms with van der Waals surface area (Å²) >= 11 is -2.10. The summed E-state index contributed by atoms with van der Waals surface area (Å²) in [4.78, 5) is 6.64. The van der Waals surface area contributed by atoms with E-state index in [1.54, 1.807) is 0 Å². The summed E-state index contributed by atoms with van der Waals surface area (Å²) in [7, 11) is 0. The van der Waals surface area contributed by atoms with Crippen molar-refractivity contribution in [3.63, 3.8) is 0 Å². The average Bonchev–Trinajstić information content (AvgIpc) is 2.14. The monoisotopic (exact) mass is 201 g/mol. The number of nitrogens with one attached hydrogen (secondary N) is 1. The molecule has 2 N–H and O–H groups in total. The molecule has 0 bridgehead atoms. The molecule has 72 valence electrons. The van der Waals surface area contributed by atoms with Gasteiger partial charge in [0, 0.05) is 0 Å². The van der Waals surface area contributed by atoms with Crippen molar-refractivity contribution in [1.29, 1.82) is 0 Å². The van der Waals surface area contributed by atoms with E-state index >= 15 is 0 Å². The van der Waals surface area contributed by atoms with Crippen molar-refractivity contribution in [1.82, 2.24) is 4.89 Å². The Bertz CT molecular complexity index is 265. The van der Waals surface area contributed by atoms with Crippen LogP contribution in [0.2, 0.25) is 0 Å². The lowest BCUT2D eigenvalue weighted by Crippen LogP contribution is -2.18. The molecule has 1 aromatic rings. The van der Waals surface area contributed by atoms with E-state index in [2.05, 4.69) is 0 Å². The van der Waals surface area contributed by atoms with Crippen LogP contribution in [0.25, 0.3) is 0 Å². The van der Waals surface area contributed by atoms with E-state index in [0.29, 0.717) is 13.0 Å². The minimum atomic E-state index is -2.10. The molecular formula is C8H11NO3S. The Balaban J connectivity index is 2.17. The lowest BCUT2D eigenvalue weighted by atomic mass is 10.2. The van der Waals surface area contributed by atoms with Gasteiger partial charge in [0.1, 0.15) is 0 Å². The van der Waals surface area contributed by atoms with Gasteiger partial charge < -0.3 is 0 Å². The van der Waals surface area contributed by atoms with Crippen LogP contribution in [0, 0.1) is 0 Å². The largest absolute Gasteiger partial charge is 0.292 e. The van der Waals surface area contributed by atoms with Gasteiger partial charge in [-0.2, -0.15) is 0 Å². The van der Waals surface area contributed by atoms with E-state index in [1.807, 2.05) is 35.2 Å². The highest BCUT2D eigenvalue weighted by Gasteiger charge is 1.93. The van der Waals surface area contributed by atoms with Crippen LogP contribution in [0.15, 0.2) is 30.3 Å². The van der Waals surface area contributed by atoms with Crippen LogP contribution in [0.5, 0.6) is 0 Å². The topological polar surface area (TPSA) is 58.6 Å². The first-order valence-electron chi connectivity index (χ1n) is 3.81. The summed E-state index contributed by atoms with van der Waals surface area (Å²) in [5.41, 5.74) is 1.13. The van der Waals surface area contributed by atoms with Gasteiger partial charge in [-0.15, -0.1) is 0 Å². The van der Waals surface area contributed by atoms with Gasteiger partial charge in [0.05, 0.1) is 6.61 Å². The second kappa shape index (κ2) is 5.82. The van der Waals surface area contributed by atoms with Crippen molar-refractivity contribution in [2.24, 2.45) is 0 Å². The summed E-state index contributed by atoms with van der Waals surface area (Å²) in [5.74, 6) is 0. The minimum absolute atomic E-state index is 0.371. The average molecular weight is 201 g/mol. The molecule has 0 fully saturated rings. The number of rotatable bonds is 5. The molecule has 5 heteroatoms. The third-order valence-corrected chi connectivity index (χ3v) is 1.73. The molecule has 13 heavy (non-hydrogen) atoms. The molecule has 0 aromatic heterocycles. The molecule has 1 atom stereocenters. The maximum atomic E-state index is 10.1. The van der Waals surface area contributed by atoms with Crippen LogP contribution >= 0.6 is 0 Å². The Labute approximate surface area is 79.3 Å². The fourth-order valence-corrected chi connectivity index (χ4v) is 1.09. The molecule has 0 spiro atoms. The highest BCUT2D eigenvalue weighted by molar-refractivity contribution is 7.76. The van der Waals surface area contributed by atoms with Gasteiger partial charge in [0.2, 0.25) is 0 Å². The third-order valence-electron chi connectivity index (χ3n) is 1.47. The number of hydrogen-bond donors (Lipinski definition) is 2. The summed E-state index contributed by atoms with van der Waals surface area (Å²) in [6, 6.07) is 9.75. The van der Waals surface area contributed by atoms with Crippen LogP contribution in [0.4, 0.5) is 0 Å². The zero-order chi connectivity index (χ0) is 9.52. The summed E-state index contributed by atoms with van der Waals surface area (Å²) in [6.07, 6.45) is 0.713. The molecule has 4 nitrogen and oxygen atoms in total. The quantitative estimate of drug-likeness (QED) is 0.422. The lowest BCUT2D eigenvalue weighted by Gasteiger charge is -2.01. The molecule has 0 saturated heterocycles. The van der Waals surface area contributed by atoms with Crippen molar-refractivity contribution in [3.05, 3.63) is 35.9 Å². The second-order valence-corrected chi connectivity index (χ2v) is 3.08. The van der Waals surface area contributed by atoms with Gasteiger partial charge in [-0.05, 0) is 12.0 Å². The normalized spacial score (nSPS) is 12.7. The lowest BCUT2D eigenvalue weighted by molar-refractivity contribution is 0.0948. The first-order chi connectivity index (χ1) is 6.29. The van der Waals surface area contributed by atoms with E-state index < -0.39 is 11.3 Å². The molecule has 0 aliphatic rings. The van der Waals surface area contributed by atoms with Crippen LogP contribution in [-0.4, -0.2) is 15.4 Å². The van der Waals surface area contributed by atoms with Gasteiger partial charge in [0.25, 0.3) is 11.3 Å². The zero-order valence-electron chi connectivity index (χ0n) is 6.97. The van der Waals surface area contributed by atoms with Crippen molar-refractivity contribution >= 4 is 11.3 Å². The van der Waals surface area contributed by atoms with Crippen LogP contribution in [0.3, 0.4) is 0 Å². The standard InChI is InChI=1S/C8H11NO3S/c10-13(11)9-12-7-6-8-4-2-1-3-5-8/h1-5,9H,6-7H2,(H,10,11). The minimum Gasteiger partial charge on any atom is -0.292 e. The highest BCUT2D eigenvalue weighted by Crippen LogP contribution is 1.98. The van der Waals surface area contributed by atoms with Gasteiger partial charge in [0.15, 0.2) is 0 Å². The van der Waals surface area contributed by atoms with Crippen molar-refractivity contribution in [2.75, 3.05) is 6.61 Å². The fraction of sp³-hybridized carbons (Fsp3) is 0.250. The maximum absolute atomic E-state index is 10.1. The number of hydrogen-bond acceptors (Lipinski definition) is 2. The first-order valence-corrected chi connectivity index (χ1v) is 4.92. The van der Waals surface area contributed by atoms with E-state index in [4.69, 9.17) is 9.39 Å². The predicted molar refractivity (Wildman–Crippen MR) is 50.0 cm³/mol. The molecule has 0 heterocycles. The van der Waals surface area contributed by atoms with E-state index in [-0.39, 0.29) is 0 Å². The molecular weight excluding hydrogens is 190 g/mol. The Kier molecular flexibility index (Phi) is 4.63. The third kappa shape index (κ3) is 4.74. The van der Waals surface area contributed by atoms with Gasteiger partial charge in [-0.3, -0.25) is 9.39 Å². The van der Waals surface area contributed by atoms with Gasteiger partial charge in [-0.25, -0.2) is 4.21 Å². The Morgan fingerprint density at radius 1 is 1.38 bits per heavy atom. The van der Waals surface area contributed by atoms with E-state index in [9.17, 15) is 4.21 Å². The zero-order valence-corrected chi connectivity index (χ0v) is 7.79. The molecule has 0 radical (unpaired) electrons. The maximum Gasteiger partial charge on any atom is 0.256 e. The van der Waals surface area contributed by atoms with Crippen molar-refractivity contribution < 1.29 is 13.6 Å². The smallest absolute Gasteiger partial charge is 0.256 e. The molecule has 0 aliphatic carbocycles. The summed E-state index contributed by atoms with van der Waals surface area (Å²) in [6.45, 7) is 0.371. The summed E-state index contributed by atoms with van der Waals surface area (Å²) in [5, 5.41) is 0. The van der Waals surface area contributed by atoms with Gasteiger partial charge in [-0.1, -0.05) is 35.2 Å². The predicted octanol–water partition coefficient (Wildman–Crippen LogP) is 0.887. The van der Waals surface area contributed by atoms with Crippen LogP contribution in [0.1, 0.15) is 5.56 Å². The van der Waals surface area contributed by atoms with E-state index in [0.717, 1.165) is 5.56 Å². The molecule has 0 amide bonds. The SMILES string of the molecule is O=S(O)NOCCc1ccccc1. The second-order valence-electron chi connectivity index (χ2n) is 2.42. The Morgan fingerprint density at radius 2 is 2.08 bits per heavy atom. The molecule has 0 saturated carbocycles. The summed E-state index contributed by atoms with van der Waals surface area (Å²) < 4.78 is 18.4. The van der Waals surface area contributed by atoms with Gasteiger partial charge >= 0.3 is 0 Å². The Morgan fingerprint density at radius 3 is 2.69 bits per heavy atom. The Hall–Kier alpha value is -0.750. The number of benzene rings is 1. The van der Waals surface area contributed by atoms with E-state index in [1.165, 1.54) is 0 Å². The van der Waals surface area contributed by atoms with Crippen molar-refractivity contribution in [2.45, 2.75) is 6.42 Å². The fourth-order valence-electron chi connectivity index (χ4n) is 0.906.